The number of hydrogen-bond acceptors (Lipinski definition) is 4. The van der Waals surface area contributed by atoms with Gasteiger partial charge in [0.15, 0.2) is 0 Å². The molecule has 0 atom stereocenters. The molecule has 0 bridgehead atoms. The van der Waals surface area contributed by atoms with E-state index in [1.807, 2.05) is 17.5 Å². The molecule has 17 heavy (non-hydrogen) atoms. The first-order valence-electron chi connectivity index (χ1n) is 4.73. The lowest BCUT2D eigenvalue weighted by atomic mass is 10.4. The molecule has 1 N–H and O–H groups in total. The molecule has 0 aliphatic heterocycles. The van der Waals surface area contributed by atoms with Crippen molar-refractivity contribution < 1.29 is 14.7 Å². The van der Waals surface area contributed by atoms with Gasteiger partial charge in [-0.1, -0.05) is 12.0 Å². The minimum atomic E-state index is -1.06. The average Bonchev–Trinajstić information content (AvgIpc) is 2.77. The number of nitrogens with zero attached hydrogens (tertiary/aromatic N) is 1. The highest BCUT2D eigenvalue weighted by molar-refractivity contribution is 8.01. The number of rotatable bonds is 6. The van der Waals surface area contributed by atoms with Crippen LogP contribution in [0.15, 0.2) is 21.7 Å². The summed E-state index contributed by atoms with van der Waals surface area (Å²) in [7, 11) is 0. The number of amides is 1. The van der Waals surface area contributed by atoms with Crippen LogP contribution in [-0.4, -0.2) is 40.7 Å². The highest BCUT2D eigenvalue weighted by Crippen LogP contribution is 2.23. The van der Waals surface area contributed by atoms with Crippen molar-refractivity contribution in [1.82, 2.24) is 4.90 Å². The van der Waals surface area contributed by atoms with Crippen LogP contribution >= 0.6 is 23.1 Å². The third-order valence-corrected chi connectivity index (χ3v) is 3.91. The van der Waals surface area contributed by atoms with Crippen LogP contribution in [0.1, 0.15) is 0 Å². The first-order valence-corrected chi connectivity index (χ1v) is 6.59. The van der Waals surface area contributed by atoms with Crippen molar-refractivity contribution >= 4 is 35.0 Å². The molecule has 0 saturated heterocycles. The van der Waals surface area contributed by atoms with Gasteiger partial charge in [-0.15, -0.1) is 29.5 Å². The molecule has 90 valence electrons. The molecule has 0 aliphatic carbocycles. The van der Waals surface area contributed by atoms with E-state index in [9.17, 15) is 9.59 Å². The van der Waals surface area contributed by atoms with E-state index in [1.165, 1.54) is 23.1 Å². The molecule has 0 aromatic carbocycles. The van der Waals surface area contributed by atoms with E-state index in [1.54, 1.807) is 0 Å². The SMILES string of the molecule is C#CCN(CC(=O)O)C(=O)CSc1cccs1. The van der Waals surface area contributed by atoms with Crippen LogP contribution in [0, 0.1) is 12.3 Å². The molecular weight excluding hydrogens is 258 g/mol. The van der Waals surface area contributed by atoms with Crippen molar-refractivity contribution in [3.8, 4) is 12.3 Å². The number of carboxylic acids is 1. The number of terminal acetylenes is 1. The predicted octanol–water partition coefficient (Wildman–Crippen LogP) is 1.39. The molecule has 0 aliphatic rings. The first kappa shape index (κ1) is 13.6. The Morgan fingerprint density at radius 1 is 1.59 bits per heavy atom. The van der Waals surface area contributed by atoms with Gasteiger partial charge < -0.3 is 10.0 Å². The number of hydrogen-bond donors (Lipinski definition) is 1. The molecule has 0 fully saturated rings. The van der Waals surface area contributed by atoms with E-state index in [0.717, 1.165) is 9.11 Å². The molecule has 0 saturated carbocycles. The number of carbonyl (C=O) groups excluding carboxylic acids is 1. The smallest absolute Gasteiger partial charge is 0.323 e. The molecule has 0 radical (unpaired) electrons. The van der Waals surface area contributed by atoms with Crippen LogP contribution in [0.2, 0.25) is 0 Å². The van der Waals surface area contributed by atoms with Gasteiger partial charge in [0, 0.05) is 0 Å². The van der Waals surface area contributed by atoms with Crippen LogP contribution in [-0.2, 0) is 9.59 Å². The highest BCUT2D eigenvalue weighted by atomic mass is 32.2. The van der Waals surface area contributed by atoms with Crippen molar-refractivity contribution in [3.05, 3.63) is 17.5 Å². The standard InChI is InChI=1S/C11H11NO3S2/c1-2-5-12(7-10(14)15)9(13)8-17-11-4-3-6-16-11/h1,3-4,6H,5,7-8H2,(H,14,15). The van der Waals surface area contributed by atoms with Crippen molar-refractivity contribution in [2.45, 2.75) is 4.21 Å². The van der Waals surface area contributed by atoms with Crippen LogP contribution in [0.4, 0.5) is 0 Å². The Hall–Kier alpha value is -1.45. The molecule has 1 amide bonds. The van der Waals surface area contributed by atoms with Gasteiger partial charge in [-0.05, 0) is 11.4 Å². The minimum Gasteiger partial charge on any atom is -0.480 e. The lowest BCUT2D eigenvalue weighted by molar-refractivity contribution is -0.143. The van der Waals surface area contributed by atoms with Gasteiger partial charge in [0.2, 0.25) is 5.91 Å². The van der Waals surface area contributed by atoms with Crippen LogP contribution in [0.3, 0.4) is 0 Å². The molecule has 1 rings (SSSR count). The summed E-state index contributed by atoms with van der Waals surface area (Å²) >= 11 is 2.92. The van der Waals surface area contributed by atoms with Crippen molar-refractivity contribution in [2.24, 2.45) is 0 Å². The Morgan fingerprint density at radius 2 is 2.35 bits per heavy atom. The Morgan fingerprint density at radius 3 is 2.88 bits per heavy atom. The highest BCUT2D eigenvalue weighted by Gasteiger charge is 2.15. The second-order valence-electron chi connectivity index (χ2n) is 3.07. The summed E-state index contributed by atoms with van der Waals surface area (Å²) < 4.78 is 1.02. The van der Waals surface area contributed by atoms with E-state index in [-0.39, 0.29) is 24.7 Å². The third-order valence-electron chi connectivity index (χ3n) is 1.79. The monoisotopic (exact) mass is 269 g/mol. The second kappa shape index (κ2) is 6.99. The van der Waals surface area contributed by atoms with Gasteiger partial charge in [0.1, 0.15) is 6.54 Å². The van der Waals surface area contributed by atoms with Gasteiger partial charge >= 0.3 is 5.97 Å². The summed E-state index contributed by atoms with van der Waals surface area (Å²) in [4.78, 5) is 23.4. The molecular formula is C11H11NO3S2. The molecule has 0 unspecified atom stereocenters. The average molecular weight is 269 g/mol. The van der Waals surface area contributed by atoms with Gasteiger partial charge in [0.25, 0.3) is 0 Å². The van der Waals surface area contributed by atoms with Crippen LogP contribution < -0.4 is 0 Å². The van der Waals surface area contributed by atoms with Crippen molar-refractivity contribution in [3.63, 3.8) is 0 Å². The molecule has 1 aromatic heterocycles. The number of carbonyl (C=O) groups is 2. The van der Waals surface area contributed by atoms with E-state index in [2.05, 4.69) is 5.92 Å². The Bertz CT molecular complexity index is 422. The Kier molecular flexibility index (Phi) is 5.60. The summed E-state index contributed by atoms with van der Waals surface area (Å²) in [5.74, 6) is 1.17. The fourth-order valence-corrected chi connectivity index (χ4v) is 2.76. The zero-order valence-electron chi connectivity index (χ0n) is 8.96. The van der Waals surface area contributed by atoms with E-state index < -0.39 is 5.97 Å². The maximum Gasteiger partial charge on any atom is 0.323 e. The van der Waals surface area contributed by atoms with Crippen LogP contribution in [0.25, 0.3) is 0 Å². The topological polar surface area (TPSA) is 57.6 Å². The molecule has 0 spiro atoms. The summed E-state index contributed by atoms with van der Waals surface area (Å²) in [6, 6.07) is 3.80. The third kappa shape index (κ3) is 4.93. The maximum atomic E-state index is 11.7. The summed E-state index contributed by atoms with van der Waals surface area (Å²) in [6.45, 7) is -0.329. The van der Waals surface area contributed by atoms with E-state index in [0.29, 0.717) is 0 Å². The molecule has 1 heterocycles. The number of carboxylic acid groups (broad SMARTS) is 1. The number of thioether (sulfide) groups is 1. The molecule has 6 heteroatoms. The largest absolute Gasteiger partial charge is 0.480 e. The number of aliphatic carboxylic acids is 1. The molecule has 1 aromatic rings. The van der Waals surface area contributed by atoms with Crippen molar-refractivity contribution in [1.29, 1.82) is 0 Å². The predicted molar refractivity (Wildman–Crippen MR) is 68.1 cm³/mol. The normalized spacial score (nSPS) is 9.59. The van der Waals surface area contributed by atoms with E-state index >= 15 is 0 Å². The zero-order valence-corrected chi connectivity index (χ0v) is 10.6. The summed E-state index contributed by atoms with van der Waals surface area (Å²) in [6.07, 6.45) is 5.09. The zero-order chi connectivity index (χ0) is 12.7. The van der Waals surface area contributed by atoms with E-state index in [4.69, 9.17) is 11.5 Å². The first-order chi connectivity index (χ1) is 8.13. The van der Waals surface area contributed by atoms with Gasteiger partial charge in [-0.25, -0.2) is 0 Å². The Balaban J connectivity index is 2.47. The quantitative estimate of drug-likeness (QED) is 0.626. The number of thiophene rings is 1. The fraction of sp³-hybridized carbons (Fsp3) is 0.273. The Labute approximate surface area is 108 Å². The van der Waals surface area contributed by atoms with Crippen LogP contribution in [0.5, 0.6) is 0 Å². The summed E-state index contributed by atoms with van der Waals surface area (Å²) in [5.41, 5.74) is 0. The lowest BCUT2D eigenvalue weighted by Crippen LogP contribution is -2.37. The van der Waals surface area contributed by atoms with Gasteiger partial charge in [0.05, 0.1) is 16.5 Å². The fourth-order valence-electron chi connectivity index (χ4n) is 1.08. The lowest BCUT2D eigenvalue weighted by Gasteiger charge is -2.17. The maximum absolute atomic E-state index is 11.7. The molecule has 4 nitrogen and oxygen atoms in total. The second-order valence-corrected chi connectivity index (χ2v) is 5.29. The van der Waals surface area contributed by atoms with Gasteiger partial charge in [-0.3, -0.25) is 9.59 Å². The van der Waals surface area contributed by atoms with Gasteiger partial charge in [-0.2, -0.15) is 0 Å². The summed E-state index contributed by atoms with van der Waals surface area (Å²) in [5, 5.41) is 10.6. The van der Waals surface area contributed by atoms with Crippen molar-refractivity contribution in [2.75, 3.05) is 18.8 Å². The minimum absolute atomic E-state index is 0.0239.